The first-order valence-corrected chi connectivity index (χ1v) is 9.80. The van der Waals surface area contributed by atoms with Crippen LogP contribution in [0, 0.1) is 11.3 Å². The van der Waals surface area contributed by atoms with Crippen LogP contribution in [0.25, 0.3) is 33.5 Å². The lowest BCUT2D eigenvalue weighted by Gasteiger charge is -2.25. The molecule has 3 aromatic carbocycles. The zero-order valence-electron chi connectivity index (χ0n) is 16.5. The lowest BCUT2D eigenvalue weighted by molar-refractivity contribution is 0.661. The van der Waals surface area contributed by atoms with Crippen molar-refractivity contribution >= 4 is 0 Å². The Morgan fingerprint density at radius 2 is 1.52 bits per heavy atom. The normalized spacial score (nSPS) is 13.4. The van der Waals surface area contributed by atoms with E-state index in [-0.39, 0.29) is 5.41 Å². The minimum absolute atomic E-state index is 0.227. The van der Waals surface area contributed by atoms with Gasteiger partial charge in [-0.2, -0.15) is 5.26 Å². The third-order valence-electron chi connectivity index (χ3n) is 5.95. The van der Waals surface area contributed by atoms with E-state index < -0.39 is 0 Å². The molecule has 0 unspecified atom stereocenters. The smallest absolute Gasteiger partial charge is 0.0991 e. The monoisotopic (exact) mass is 372 g/mol. The first-order chi connectivity index (χ1) is 14.1. The van der Waals surface area contributed by atoms with Gasteiger partial charge in [0.2, 0.25) is 0 Å². The average Bonchev–Trinajstić information content (AvgIpc) is 3.01. The van der Waals surface area contributed by atoms with E-state index in [9.17, 15) is 5.26 Å². The third-order valence-corrected chi connectivity index (χ3v) is 5.95. The van der Waals surface area contributed by atoms with Crippen molar-refractivity contribution in [2.75, 3.05) is 0 Å². The Morgan fingerprint density at radius 3 is 2.24 bits per heavy atom. The average molecular weight is 372 g/mol. The summed E-state index contributed by atoms with van der Waals surface area (Å²) in [6.07, 6.45) is 1.84. The Morgan fingerprint density at radius 1 is 0.793 bits per heavy atom. The van der Waals surface area contributed by atoms with Gasteiger partial charge < -0.3 is 0 Å². The van der Waals surface area contributed by atoms with E-state index in [4.69, 9.17) is 0 Å². The van der Waals surface area contributed by atoms with Crippen LogP contribution in [0.2, 0.25) is 0 Å². The number of fused-ring (bicyclic) bond motifs is 3. The highest BCUT2D eigenvalue weighted by atomic mass is 14.7. The van der Waals surface area contributed by atoms with Gasteiger partial charge in [0.1, 0.15) is 0 Å². The highest BCUT2D eigenvalue weighted by molar-refractivity contribution is 5.96. The fourth-order valence-electron chi connectivity index (χ4n) is 4.61. The molecule has 29 heavy (non-hydrogen) atoms. The van der Waals surface area contributed by atoms with Crippen molar-refractivity contribution in [3.63, 3.8) is 0 Å². The van der Waals surface area contributed by atoms with E-state index in [1.54, 1.807) is 0 Å². The Balaban J connectivity index is 1.89. The van der Waals surface area contributed by atoms with Gasteiger partial charge in [0.05, 0.1) is 17.3 Å². The van der Waals surface area contributed by atoms with Gasteiger partial charge in [-0.15, -0.1) is 0 Å². The molecule has 1 aliphatic rings. The molecule has 2 nitrogen and oxygen atoms in total. The molecule has 0 atom stereocenters. The molecule has 4 aromatic rings. The maximum absolute atomic E-state index is 9.46. The zero-order chi connectivity index (χ0) is 20.0. The van der Waals surface area contributed by atoms with Crippen LogP contribution in [-0.4, -0.2) is 4.98 Å². The van der Waals surface area contributed by atoms with Crippen LogP contribution in [0.5, 0.6) is 0 Å². The van der Waals surface area contributed by atoms with Crippen molar-refractivity contribution in [2.45, 2.75) is 19.3 Å². The van der Waals surface area contributed by atoms with Gasteiger partial charge in [-0.25, -0.2) is 0 Å². The second-order valence-electron chi connectivity index (χ2n) is 7.99. The van der Waals surface area contributed by atoms with E-state index in [1.165, 1.54) is 33.4 Å². The van der Waals surface area contributed by atoms with Gasteiger partial charge in [-0.05, 0) is 57.6 Å². The molecule has 1 aromatic heterocycles. The zero-order valence-corrected chi connectivity index (χ0v) is 16.5. The Bertz CT molecular complexity index is 1260. The summed E-state index contributed by atoms with van der Waals surface area (Å²) >= 11 is 0. The van der Waals surface area contributed by atoms with E-state index in [0.29, 0.717) is 5.56 Å². The first-order valence-electron chi connectivity index (χ1n) is 9.80. The summed E-state index contributed by atoms with van der Waals surface area (Å²) < 4.78 is 0. The summed E-state index contributed by atoms with van der Waals surface area (Å²) in [5.74, 6) is 0. The van der Waals surface area contributed by atoms with Crippen LogP contribution < -0.4 is 0 Å². The van der Waals surface area contributed by atoms with Crippen LogP contribution in [-0.2, 0) is 5.41 Å². The lowest BCUT2D eigenvalue weighted by atomic mass is 9.78. The molecule has 0 radical (unpaired) electrons. The standard InChI is InChI=1S/C27H20N2/c1-27(2)23-16-18(17-28)11-12-21(23)25-20(19-8-4-3-5-9-19)13-14-22(26(25)27)24-10-6-7-15-29-24/h3-16H,1-2H3. The summed E-state index contributed by atoms with van der Waals surface area (Å²) in [5, 5.41) is 9.46. The van der Waals surface area contributed by atoms with Gasteiger partial charge in [0.15, 0.2) is 0 Å². The second kappa shape index (κ2) is 6.43. The summed E-state index contributed by atoms with van der Waals surface area (Å²) in [6.45, 7) is 4.50. The molecule has 0 aliphatic heterocycles. The predicted octanol–water partition coefficient (Wildman–Crippen LogP) is 6.59. The maximum atomic E-state index is 9.46. The van der Waals surface area contributed by atoms with Gasteiger partial charge in [0, 0.05) is 17.2 Å². The second-order valence-corrected chi connectivity index (χ2v) is 7.99. The van der Waals surface area contributed by atoms with Crippen molar-refractivity contribution in [1.29, 1.82) is 5.26 Å². The number of hydrogen-bond donors (Lipinski definition) is 0. The number of benzene rings is 3. The molecule has 0 fully saturated rings. The number of rotatable bonds is 2. The first kappa shape index (κ1) is 17.4. The highest BCUT2D eigenvalue weighted by Gasteiger charge is 2.39. The number of nitrogens with zero attached hydrogens (tertiary/aromatic N) is 2. The van der Waals surface area contributed by atoms with Crippen LogP contribution >= 0.6 is 0 Å². The molecule has 0 amide bonds. The van der Waals surface area contributed by atoms with Crippen molar-refractivity contribution in [2.24, 2.45) is 0 Å². The number of hydrogen-bond acceptors (Lipinski definition) is 2. The van der Waals surface area contributed by atoms with Crippen molar-refractivity contribution < 1.29 is 0 Å². The summed E-state index contributed by atoms with van der Waals surface area (Å²) in [5.41, 5.74) is 9.96. The van der Waals surface area contributed by atoms with E-state index in [2.05, 4.69) is 73.4 Å². The van der Waals surface area contributed by atoms with E-state index in [0.717, 1.165) is 11.3 Å². The van der Waals surface area contributed by atoms with E-state index in [1.807, 2.05) is 36.5 Å². The number of nitriles is 1. The SMILES string of the molecule is CC1(C)c2cc(C#N)ccc2-c2c(-c3ccccc3)ccc(-c3ccccn3)c21. The maximum Gasteiger partial charge on any atom is 0.0991 e. The molecule has 0 N–H and O–H groups in total. The molecule has 138 valence electrons. The van der Waals surface area contributed by atoms with Crippen molar-refractivity contribution in [3.8, 4) is 39.6 Å². The number of aromatic nitrogens is 1. The topological polar surface area (TPSA) is 36.7 Å². The van der Waals surface area contributed by atoms with Gasteiger partial charge in [0.25, 0.3) is 0 Å². The van der Waals surface area contributed by atoms with Crippen molar-refractivity contribution in [1.82, 2.24) is 4.98 Å². The predicted molar refractivity (Wildman–Crippen MR) is 117 cm³/mol. The number of pyridine rings is 1. The Hall–Kier alpha value is -3.70. The summed E-state index contributed by atoms with van der Waals surface area (Å²) in [6, 6.07) is 29.3. The molecule has 1 aliphatic carbocycles. The lowest BCUT2D eigenvalue weighted by Crippen LogP contribution is -2.16. The van der Waals surface area contributed by atoms with Gasteiger partial charge in [-0.1, -0.05) is 68.4 Å². The fraction of sp³-hybridized carbons (Fsp3) is 0.111. The fourth-order valence-corrected chi connectivity index (χ4v) is 4.61. The molecule has 0 saturated carbocycles. The largest absolute Gasteiger partial charge is 0.256 e. The minimum atomic E-state index is -0.227. The third kappa shape index (κ3) is 2.59. The minimum Gasteiger partial charge on any atom is -0.256 e. The molecular formula is C27H20N2. The quantitative estimate of drug-likeness (QED) is 0.398. The van der Waals surface area contributed by atoms with Crippen LogP contribution in [0.15, 0.2) is 85.1 Å². The van der Waals surface area contributed by atoms with Crippen LogP contribution in [0.1, 0.15) is 30.5 Å². The van der Waals surface area contributed by atoms with Gasteiger partial charge >= 0.3 is 0 Å². The summed E-state index contributed by atoms with van der Waals surface area (Å²) in [7, 11) is 0. The molecule has 1 heterocycles. The molecule has 5 rings (SSSR count). The van der Waals surface area contributed by atoms with E-state index >= 15 is 0 Å². The molecule has 0 bridgehead atoms. The molecule has 2 heteroatoms. The molecule has 0 spiro atoms. The van der Waals surface area contributed by atoms with Crippen LogP contribution in [0.3, 0.4) is 0 Å². The molecule has 0 saturated heterocycles. The molecular weight excluding hydrogens is 352 g/mol. The Kier molecular flexibility index (Phi) is 3.86. The van der Waals surface area contributed by atoms with Crippen LogP contribution in [0.4, 0.5) is 0 Å². The summed E-state index contributed by atoms with van der Waals surface area (Å²) in [4.78, 5) is 4.64. The van der Waals surface area contributed by atoms with Gasteiger partial charge in [-0.3, -0.25) is 4.98 Å². The highest BCUT2D eigenvalue weighted by Crippen LogP contribution is 2.55. The Labute approximate surface area is 171 Å². The van der Waals surface area contributed by atoms with Crippen molar-refractivity contribution in [3.05, 3.63) is 102 Å².